The van der Waals surface area contributed by atoms with Crippen LogP contribution in [0, 0.1) is 0 Å². The molecule has 1 fully saturated rings. The minimum absolute atomic E-state index is 0.333. The number of primary amides is 1. The lowest BCUT2D eigenvalue weighted by Gasteiger charge is -2.17. The van der Waals surface area contributed by atoms with Crippen molar-refractivity contribution in [2.45, 2.75) is 83.5 Å². The number of nitrogens with zero attached hydrogens (tertiary/aromatic N) is 1. The van der Waals surface area contributed by atoms with E-state index in [2.05, 4.69) is 0 Å². The number of hydrogen-bond donors (Lipinski definition) is 1. The van der Waals surface area contributed by atoms with Gasteiger partial charge in [-0.3, -0.25) is 4.79 Å². The molecule has 1 aliphatic rings. The summed E-state index contributed by atoms with van der Waals surface area (Å²) in [4.78, 5) is 11.2. The highest BCUT2D eigenvalue weighted by Gasteiger charge is 2.13. The van der Waals surface area contributed by atoms with Crippen LogP contribution in [0.1, 0.15) is 81.0 Å². The number of ether oxygens (including phenoxy) is 1. The second kappa shape index (κ2) is 10.4. The average molecular weight is 319 g/mol. The molecule has 1 amide bonds. The van der Waals surface area contributed by atoms with E-state index in [-0.39, 0.29) is 0 Å². The van der Waals surface area contributed by atoms with Gasteiger partial charge in [0.15, 0.2) is 12.4 Å². The van der Waals surface area contributed by atoms with E-state index >= 15 is 0 Å². The summed E-state index contributed by atoms with van der Waals surface area (Å²) in [6.45, 7) is 0.492. The van der Waals surface area contributed by atoms with Crippen LogP contribution in [-0.2, 0) is 11.5 Å². The molecule has 0 atom stereocenters. The van der Waals surface area contributed by atoms with Crippen molar-refractivity contribution in [2.75, 3.05) is 0 Å². The van der Waals surface area contributed by atoms with Gasteiger partial charge in [-0.25, -0.2) is 0 Å². The third-order valence-corrected chi connectivity index (χ3v) is 4.65. The molecule has 1 saturated carbocycles. The molecule has 4 nitrogen and oxygen atoms in total. The van der Waals surface area contributed by atoms with Gasteiger partial charge in [-0.05, 0) is 18.9 Å². The van der Waals surface area contributed by atoms with Crippen LogP contribution in [0.4, 0.5) is 0 Å². The van der Waals surface area contributed by atoms with E-state index in [1.807, 2.05) is 16.8 Å². The van der Waals surface area contributed by atoms with Crippen LogP contribution in [0.15, 0.2) is 24.5 Å². The zero-order chi connectivity index (χ0) is 16.3. The predicted octanol–water partition coefficient (Wildman–Crippen LogP) is 3.72. The largest absolute Gasteiger partial charge is 0.365 e. The van der Waals surface area contributed by atoms with E-state index in [0.29, 0.717) is 18.4 Å². The molecule has 1 aromatic heterocycles. The first-order chi connectivity index (χ1) is 11.3. The molecule has 2 rings (SSSR count). The number of carbonyl (C=O) groups is 1. The first-order valence-corrected chi connectivity index (χ1v) is 9.16. The first-order valence-electron chi connectivity index (χ1n) is 9.16. The maximum atomic E-state index is 11.2. The van der Waals surface area contributed by atoms with Crippen molar-refractivity contribution < 1.29 is 14.1 Å². The lowest BCUT2D eigenvalue weighted by Crippen LogP contribution is -2.37. The van der Waals surface area contributed by atoms with Crippen LogP contribution >= 0.6 is 0 Å². The molecule has 0 saturated heterocycles. The molecule has 0 radical (unpaired) electrons. The Morgan fingerprint density at radius 2 is 1.61 bits per heavy atom. The minimum Gasteiger partial charge on any atom is -0.365 e. The van der Waals surface area contributed by atoms with Gasteiger partial charge >= 0.3 is 0 Å². The van der Waals surface area contributed by atoms with Crippen molar-refractivity contribution in [3.8, 4) is 0 Å². The van der Waals surface area contributed by atoms with E-state index in [4.69, 9.17) is 10.5 Å². The summed E-state index contributed by atoms with van der Waals surface area (Å²) in [5.41, 5.74) is 5.85. The number of nitrogens with two attached hydrogens (primary N) is 1. The van der Waals surface area contributed by atoms with Gasteiger partial charge in [-0.15, -0.1) is 0 Å². The van der Waals surface area contributed by atoms with Crippen molar-refractivity contribution in [3.05, 3.63) is 30.1 Å². The molecule has 1 aromatic rings. The van der Waals surface area contributed by atoms with E-state index in [1.54, 1.807) is 12.3 Å². The maximum Gasteiger partial charge on any atom is 0.254 e. The van der Waals surface area contributed by atoms with Gasteiger partial charge in [0.25, 0.3) is 12.6 Å². The molecular weight excluding hydrogens is 288 g/mol. The summed E-state index contributed by atoms with van der Waals surface area (Å²) in [5.74, 6) is -0.398. The highest BCUT2D eigenvalue weighted by atomic mass is 16.5. The summed E-state index contributed by atoms with van der Waals surface area (Å²) < 4.78 is 8.02. The third-order valence-electron chi connectivity index (χ3n) is 4.65. The Bertz CT molecular complexity index is 464. The zero-order valence-electron chi connectivity index (χ0n) is 14.2. The monoisotopic (exact) mass is 319 g/mol. The minimum atomic E-state index is -0.398. The standard InChI is InChI=1S/C19H30N2O2/c20-19(22)17-11-10-14-21(15-17)16-23-18-12-8-6-4-2-1-3-5-7-9-13-18/h10-11,14-15,18H,1-9,12-13,16H2,(H-,20,22)/p+1. The molecule has 128 valence electrons. The van der Waals surface area contributed by atoms with Gasteiger partial charge in [0.05, 0.1) is 6.10 Å². The second-order valence-electron chi connectivity index (χ2n) is 6.65. The van der Waals surface area contributed by atoms with Crippen LogP contribution in [-0.4, -0.2) is 12.0 Å². The smallest absolute Gasteiger partial charge is 0.254 e. The molecule has 0 aliphatic heterocycles. The molecule has 0 spiro atoms. The Morgan fingerprint density at radius 1 is 1.04 bits per heavy atom. The summed E-state index contributed by atoms with van der Waals surface area (Å²) in [7, 11) is 0. The van der Waals surface area contributed by atoms with Gasteiger partial charge < -0.3 is 10.5 Å². The van der Waals surface area contributed by atoms with Crippen molar-refractivity contribution in [1.82, 2.24) is 0 Å². The van der Waals surface area contributed by atoms with E-state index in [0.717, 1.165) is 12.8 Å². The van der Waals surface area contributed by atoms with Gasteiger partial charge in [0.1, 0.15) is 5.56 Å². The number of pyridine rings is 1. The second-order valence-corrected chi connectivity index (χ2v) is 6.65. The fourth-order valence-electron chi connectivity index (χ4n) is 3.23. The van der Waals surface area contributed by atoms with E-state index in [9.17, 15) is 4.79 Å². The molecule has 23 heavy (non-hydrogen) atoms. The highest BCUT2D eigenvalue weighted by molar-refractivity contribution is 5.92. The number of rotatable bonds is 4. The van der Waals surface area contributed by atoms with Gasteiger partial charge in [-0.1, -0.05) is 57.8 Å². The van der Waals surface area contributed by atoms with E-state index < -0.39 is 5.91 Å². The molecular formula is C19H31N2O2+. The molecule has 0 bridgehead atoms. The van der Waals surface area contributed by atoms with Crippen LogP contribution in [0.2, 0.25) is 0 Å². The van der Waals surface area contributed by atoms with Crippen molar-refractivity contribution in [2.24, 2.45) is 5.73 Å². The van der Waals surface area contributed by atoms with Crippen LogP contribution < -0.4 is 10.3 Å². The normalized spacial score (nSPS) is 18.8. The third kappa shape index (κ3) is 7.12. The maximum absolute atomic E-state index is 11.2. The Balaban J connectivity index is 1.82. The Morgan fingerprint density at radius 3 is 2.17 bits per heavy atom. The molecule has 0 unspecified atom stereocenters. The fourth-order valence-corrected chi connectivity index (χ4v) is 3.23. The van der Waals surface area contributed by atoms with Gasteiger partial charge in [0, 0.05) is 6.07 Å². The zero-order valence-corrected chi connectivity index (χ0v) is 14.2. The highest BCUT2D eigenvalue weighted by Crippen LogP contribution is 2.18. The number of amides is 1. The summed E-state index contributed by atoms with van der Waals surface area (Å²) in [6.07, 6.45) is 18.4. The first kappa shape index (κ1) is 17.9. The van der Waals surface area contributed by atoms with Gasteiger partial charge in [-0.2, -0.15) is 4.57 Å². The fraction of sp³-hybridized carbons (Fsp3) is 0.684. The molecule has 1 aliphatic carbocycles. The molecule has 4 heteroatoms. The predicted molar refractivity (Wildman–Crippen MR) is 90.8 cm³/mol. The number of aromatic nitrogens is 1. The topological polar surface area (TPSA) is 56.2 Å². The van der Waals surface area contributed by atoms with Gasteiger partial charge in [0.2, 0.25) is 0 Å². The van der Waals surface area contributed by atoms with Crippen LogP contribution in [0.5, 0.6) is 0 Å². The molecule has 1 heterocycles. The lowest BCUT2D eigenvalue weighted by atomic mass is 9.99. The summed E-state index contributed by atoms with van der Waals surface area (Å²) in [5, 5.41) is 0. The molecule has 2 N–H and O–H groups in total. The Hall–Kier alpha value is -1.42. The van der Waals surface area contributed by atoms with Crippen LogP contribution in [0.3, 0.4) is 0 Å². The van der Waals surface area contributed by atoms with Crippen molar-refractivity contribution in [3.63, 3.8) is 0 Å². The SMILES string of the molecule is NC(=O)c1ccc[n+](COC2CCCCCCCCCCC2)c1. The van der Waals surface area contributed by atoms with Crippen LogP contribution in [0.25, 0.3) is 0 Å². The average Bonchev–Trinajstić information content (AvgIpc) is 2.54. The number of hydrogen-bond acceptors (Lipinski definition) is 2. The Kier molecular flexibility index (Phi) is 8.08. The van der Waals surface area contributed by atoms with Crippen molar-refractivity contribution >= 4 is 5.91 Å². The van der Waals surface area contributed by atoms with Crippen molar-refractivity contribution in [1.29, 1.82) is 0 Å². The Labute approximate surface area is 140 Å². The molecule has 0 aromatic carbocycles. The number of carbonyl (C=O) groups excluding carboxylic acids is 1. The quantitative estimate of drug-likeness (QED) is 0.860. The summed E-state index contributed by atoms with van der Waals surface area (Å²) >= 11 is 0. The van der Waals surface area contributed by atoms with E-state index in [1.165, 1.54) is 57.8 Å². The summed E-state index contributed by atoms with van der Waals surface area (Å²) in [6, 6.07) is 3.57. The lowest BCUT2D eigenvalue weighted by molar-refractivity contribution is -0.735.